The number of benzene rings is 2. The van der Waals surface area contributed by atoms with Gasteiger partial charge in [-0.1, -0.05) is 24.3 Å². The third kappa shape index (κ3) is 7.37. The van der Waals surface area contributed by atoms with Crippen LogP contribution >= 0.6 is 0 Å². The van der Waals surface area contributed by atoms with Crippen LogP contribution in [0.2, 0.25) is 0 Å². The molecule has 3 N–H and O–H groups in total. The van der Waals surface area contributed by atoms with Gasteiger partial charge in [-0.3, -0.25) is 4.79 Å². The number of aliphatic carboxylic acids is 1. The summed E-state index contributed by atoms with van der Waals surface area (Å²) in [4.78, 5) is 27.6. The summed E-state index contributed by atoms with van der Waals surface area (Å²) in [6.45, 7) is 6.32. The predicted octanol–water partition coefficient (Wildman–Crippen LogP) is 4.50. The topological polar surface area (TPSA) is 114 Å². The largest absolute Gasteiger partial charge is 0.493 e. The van der Waals surface area contributed by atoms with Crippen LogP contribution in [0.5, 0.6) is 5.75 Å². The van der Waals surface area contributed by atoms with Gasteiger partial charge in [-0.05, 0) is 62.6 Å². The normalized spacial score (nSPS) is 10.8. The van der Waals surface area contributed by atoms with Crippen molar-refractivity contribution >= 4 is 12.0 Å². The molecular weight excluding hydrogens is 434 g/mol. The van der Waals surface area contributed by atoms with Gasteiger partial charge in [0.25, 0.3) is 0 Å². The highest BCUT2D eigenvalue weighted by molar-refractivity contribution is 5.74. The average Bonchev–Trinajstić information content (AvgIpc) is 3.17. The molecule has 8 heteroatoms. The van der Waals surface area contributed by atoms with Crippen LogP contribution in [-0.2, 0) is 24.2 Å². The summed E-state index contributed by atoms with van der Waals surface area (Å²) in [5.74, 6) is 1.12. The molecule has 0 saturated heterocycles. The first kappa shape index (κ1) is 24.8. The van der Waals surface area contributed by atoms with Gasteiger partial charge >= 0.3 is 12.0 Å². The number of hydrogen-bond acceptors (Lipinski definition) is 5. The SMILES string of the molecule is Cc1oc(-c2ccccc2)nc1CCOc1ccc(CCC(=O)O)c(CNC(=O)NC(C)C)c1. The van der Waals surface area contributed by atoms with E-state index in [9.17, 15) is 9.59 Å². The molecule has 2 amide bonds. The quantitative estimate of drug-likeness (QED) is 0.384. The van der Waals surface area contributed by atoms with Crippen LogP contribution < -0.4 is 15.4 Å². The zero-order valence-corrected chi connectivity index (χ0v) is 19.8. The second-order valence-electron chi connectivity index (χ2n) is 8.29. The summed E-state index contributed by atoms with van der Waals surface area (Å²) >= 11 is 0. The van der Waals surface area contributed by atoms with Crippen molar-refractivity contribution in [3.63, 3.8) is 0 Å². The van der Waals surface area contributed by atoms with Crippen LogP contribution in [0, 0.1) is 6.92 Å². The first-order chi connectivity index (χ1) is 16.3. The van der Waals surface area contributed by atoms with Crippen molar-refractivity contribution in [2.24, 2.45) is 0 Å². The standard InChI is InChI=1S/C26H31N3O5/c1-17(2)28-26(32)27-16-21-15-22(11-9-19(21)10-12-24(30)31)33-14-13-23-18(3)34-25(29-23)20-7-5-4-6-8-20/h4-9,11,15,17H,10,12-14,16H2,1-3H3,(H,30,31)(H2,27,28,32). The minimum absolute atomic E-state index is 0.0145. The number of aryl methyl sites for hydroxylation is 2. The number of hydrogen-bond donors (Lipinski definition) is 3. The molecule has 0 bridgehead atoms. The highest BCUT2D eigenvalue weighted by Crippen LogP contribution is 2.23. The molecule has 0 atom stereocenters. The van der Waals surface area contributed by atoms with Crippen molar-refractivity contribution in [1.82, 2.24) is 15.6 Å². The number of nitrogens with zero attached hydrogens (tertiary/aromatic N) is 1. The summed E-state index contributed by atoms with van der Waals surface area (Å²) in [5.41, 5.74) is 3.44. The molecule has 1 aromatic heterocycles. The van der Waals surface area contributed by atoms with Gasteiger partial charge in [0.15, 0.2) is 0 Å². The molecule has 8 nitrogen and oxygen atoms in total. The van der Waals surface area contributed by atoms with Crippen LogP contribution in [0.4, 0.5) is 4.79 Å². The van der Waals surface area contributed by atoms with E-state index in [4.69, 9.17) is 14.3 Å². The van der Waals surface area contributed by atoms with Crippen molar-refractivity contribution in [3.8, 4) is 17.2 Å². The number of carbonyl (C=O) groups is 2. The van der Waals surface area contributed by atoms with Gasteiger partial charge in [-0.25, -0.2) is 9.78 Å². The molecule has 0 aliphatic heterocycles. The summed E-state index contributed by atoms with van der Waals surface area (Å²) < 4.78 is 11.8. The van der Waals surface area contributed by atoms with Gasteiger partial charge in [-0.2, -0.15) is 0 Å². The average molecular weight is 466 g/mol. The molecule has 180 valence electrons. The monoisotopic (exact) mass is 465 g/mol. The lowest BCUT2D eigenvalue weighted by Gasteiger charge is -2.14. The first-order valence-electron chi connectivity index (χ1n) is 11.3. The molecule has 0 radical (unpaired) electrons. The fourth-order valence-corrected chi connectivity index (χ4v) is 3.46. The van der Waals surface area contributed by atoms with Gasteiger partial charge in [0, 0.05) is 31.0 Å². The van der Waals surface area contributed by atoms with Crippen LogP contribution in [0.25, 0.3) is 11.5 Å². The third-order valence-electron chi connectivity index (χ3n) is 5.17. The number of rotatable bonds is 11. The highest BCUT2D eigenvalue weighted by Gasteiger charge is 2.13. The van der Waals surface area contributed by atoms with Gasteiger partial charge in [0.05, 0.1) is 12.3 Å². The zero-order chi connectivity index (χ0) is 24.5. The second kappa shape index (κ2) is 11.9. The van der Waals surface area contributed by atoms with E-state index in [1.54, 1.807) is 0 Å². The second-order valence-corrected chi connectivity index (χ2v) is 8.29. The highest BCUT2D eigenvalue weighted by atomic mass is 16.5. The Kier molecular flexibility index (Phi) is 8.67. The molecular formula is C26H31N3O5. The lowest BCUT2D eigenvalue weighted by molar-refractivity contribution is -0.136. The maximum absolute atomic E-state index is 12.0. The molecule has 0 spiro atoms. The molecule has 0 aliphatic rings. The van der Waals surface area contributed by atoms with Gasteiger partial charge < -0.3 is 24.9 Å². The Bertz CT molecular complexity index is 1110. The van der Waals surface area contributed by atoms with Crippen molar-refractivity contribution in [3.05, 3.63) is 71.1 Å². The molecule has 1 heterocycles. The Morgan fingerprint density at radius 3 is 2.56 bits per heavy atom. The van der Waals surface area contributed by atoms with E-state index in [2.05, 4.69) is 15.6 Å². The first-order valence-corrected chi connectivity index (χ1v) is 11.3. The number of amides is 2. The van der Waals surface area contributed by atoms with Crippen molar-refractivity contribution in [2.45, 2.75) is 52.6 Å². The van der Waals surface area contributed by atoms with Crippen LogP contribution in [0.15, 0.2) is 52.9 Å². The molecule has 3 rings (SSSR count). The fourth-order valence-electron chi connectivity index (χ4n) is 3.46. The van der Waals surface area contributed by atoms with Gasteiger partial charge in [0.1, 0.15) is 11.5 Å². The minimum atomic E-state index is -0.866. The van der Waals surface area contributed by atoms with E-state index in [1.165, 1.54) is 0 Å². The Morgan fingerprint density at radius 2 is 1.85 bits per heavy atom. The molecule has 34 heavy (non-hydrogen) atoms. The van der Waals surface area contributed by atoms with Crippen LogP contribution in [-0.4, -0.2) is 34.7 Å². The number of aromatic nitrogens is 1. The number of carboxylic acid groups (broad SMARTS) is 1. The summed E-state index contributed by atoms with van der Waals surface area (Å²) in [7, 11) is 0. The molecule has 0 aliphatic carbocycles. The molecule has 3 aromatic rings. The lowest BCUT2D eigenvalue weighted by Crippen LogP contribution is -2.39. The van der Waals surface area contributed by atoms with Gasteiger partial charge in [0.2, 0.25) is 5.89 Å². The van der Waals surface area contributed by atoms with E-state index >= 15 is 0 Å². The van der Waals surface area contributed by atoms with E-state index < -0.39 is 5.97 Å². The molecule has 0 unspecified atom stereocenters. The summed E-state index contributed by atoms with van der Waals surface area (Å²) in [6, 6.07) is 15.0. The van der Waals surface area contributed by atoms with Crippen molar-refractivity contribution in [2.75, 3.05) is 6.61 Å². The molecule has 0 fully saturated rings. The number of nitrogens with one attached hydrogen (secondary N) is 2. The summed E-state index contributed by atoms with van der Waals surface area (Å²) in [6.07, 6.45) is 0.965. The van der Waals surface area contributed by atoms with E-state index in [-0.39, 0.29) is 25.0 Å². The number of carbonyl (C=O) groups excluding carboxylic acids is 1. The van der Waals surface area contributed by atoms with E-state index in [0.717, 1.165) is 28.1 Å². The molecule has 2 aromatic carbocycles. The fraction of sp³-hybridized carbons (Fsp3) is 0.346. The zero-order valence-electron chi connectivity index (χ0n) is 19.8. The van der Waals surface area contributed by atoms with Gasteiger partial charge in [-0.15, -0.1) is 0 Å². The Hall–Kier alpha value is -3.81. The number of carboxylic acids is 1. The third-order valence-corrected chi connectivity index (χ3v) is 5.17. The Morgan fingerprint density at radius 1 is 1.09 bits per heavy atom. The number of oxazole rings is 1. The van der Waals surface area contributed by atoms with Crippen molar-refractivity contribution < 1.29 is 23.8 Å². The maximum Gasteiger partial charge on any atom is 0.315 e. The van der Waals surface area contributed by atoms with E-state index in [0.29, 0.717) is 31.1 Å². The minimum Gasteiger partial charge on any atom is -0.493 e. The van der Waals surface area contributed by atoms with E-state index in [1.807, 2.05) is 69.3 Å². The predicted molar refractivity (Wildman–Crippen MR) is 129 cm³/mol. The van der Waals surface area contributed by atoms with Crippen LogP contribution in [0.1, 0.15) is 42.8 Å². The maximum atomic E-state index is 12.0. The summed E-state index contributed by atoms with van der Waals surface area (Å²) in [5, 5.41) is 14.6. The van der Waals surface area contributed by atoms with Crippen molar-refractivity contribution in [1.29, 1.82) is 0 Å². The number of ether oxygens (including phenoxy) is 1. The lowest BCUT2D eigenvalue weighted by atomic mass is 10.0. The Labute approximate surface area is 199 Å². The Balaban J connectivity index is 1.64. The van der Waals surface area contributed by atoms with Crippen LogP contribution in [0.3, 0.4) is 0 Å². The number of urea groups is 1. The molecule has 0 saturated carbocycles. The smallest absolute Gasteiger partial charge is 0.315 e.